The monoisotopic (exact) mass is 440 g/mol. The highest BCUT2D eigenvalue weighted by atomic mass is 32.1. The zero-order valence-electron chi connectivity index (χ0n) is 16.8. The summed E-state index contributed by atoms with van der Waals surface area (Å²) in [6.45, 7) is 4.34. The molecule has 0 saturated heterocycles. The second kappa shape index (κ2) is 10.6. The summed E-state index contributed by atoms with van der Waals surface area (Å²) < 4.78 is 26.5. The third-order valence-corrected chi connectivity index (χ3v) is 5.48. The van der Waals surface area contributed by atoms with Crippen molar-refractivity contribution < 1.29 is 18.4 Å². The predicted octanol–water partition coefficient (Wildman–Crippen LogP) is 4.88. The quantitative estimate of drug-likeness (QED) is 0.445. The first-order valence-corrected chi connectivity index (χ1v) is 10.5. The van der Waals surface area contributed by atoms with Gasteiger partial charge < -0.3 is 9.80 Å². The van der Waals surface area contributed by atoms with Gasteiger partial charge in [-0.15, -0.1) is 17.9 Å². The molecule has 160 valence electrons. The minimum absolute atomic E-state index is 0.158. The average molecular weight is 441 g/mol. The number of carbonyl (C=O) groups is 2. The Morgan fingerprint density at radius 1 is 0.903 bits per heavy atom. The summed E-state index contributed by atoms with van der Waals surface area (Å²) in [7, 11) is 0. The molecule has 0 aliphatic rings. The van der Waals surface area contributed by atoms with Crippen LogP contribution in [0.1, 0.15) is 20.8 Å². The van der Waals surface area contributed by atoms with Gasteiger partial charge in [-0.1, -0.05) is 24.3 Å². The van der Waals surface area contributed by atoms with Crippen molar-refractivity contribution in [1.82, 2.24) is 9.80 Å². The highest BCUT2D eigenvalue weighted by molar-refractivity contribution is 7.09. The van der Waals surface area contributed by atoms with E-state index in [2.05, 4.69) is 6.58 Å². The van der Waals surface area contributed by atoms with Gasteiger partial charge in [-0.25, -0.2) is 8.78 Å². The SMILES string of the molecule is C=CCN(CC(=O)N(Cc1ccc(F)cc1)Cc1cccs1)C(=O)c1ccc(F)cc1. The van der Waals surface area contributed by atoms with Gasteiger partial charge in [0.2, 0.25) is 5.91 Å². The fraction of sp³-hybridized carbons (Fsp3) is 0.167. The maximum atomic E-state index is 13.3. The maximum absolute atomic E-state index is 13.3. The zero-order valence-corrected chi connectivity index (χ0v) is 17.7. The van der Waals surface area contributed by atoms with Gasteiger partial charge in [-0.05, 0) is 53.4 Å². The van der Waals surface area contributed by atoms with E-state index in [0.717, 1.165) is 10.4 Å². The number of benzene rings is 2. The van der Waals surface area contributed by atoms with Gasteiger partial charge in [-0.3, -0.25) is 9.59 Å². The highest BCUT2D eigenvalue weighted by Gasteiger charge is 2.22. The lowest BCUT2D eigenvalue weighted by atomic mass is 10.2. The first-order chi connectivity index (χ1) is 15.0. The summed E-state index contributed by atoms with van der Waals surface area (Å²) >= 11 is 1.53. The first-order valence-electron chi connectivity index (χ1n) is 9.66. The number of hydrogen-bond acceptors (Lipinski definition) is 3. The molecule has 1 aromatic heterocycles. The molecule has 3 rings (SSSR count). The van der Waals surface area contributed by atoms with Crippen molar-refractivity contribution in [2.24, 2.45) is 0 Å². The van der Waals surface area contributed by atoms with E-state index in [1.54, 1.807) is 17.0 Å². The molecule has 2 aromatic carbocycles. The van der Waals surface area contributed by atoms with E-state index in [-0.39, 0.29) is 37.3 Å². The molecule has 0 aliphatic carbocycles. The molecule has 0 atom stereocenters. The van der Waals surface area contributed by atoms with Crippen molar-refractivity contribution in [3.05, 3.63) is 106 Å². The number of rotatable bonds is 9. The lowest BCUT2D eigenvalue weighted by molar-refractivity contribution is -0.133. The van der Waals surface area contributed by atoms with Crippen molar-refractivity contribution in [2.75, 3.05) is 13.1 Å². The van der Waals surface area contributed by atoms with Gasteiger partial charge in [0.15, 0.2) is 0 Å². The molecular weight excluding hydrogens is 418 g/mol. The van der Waals surface area contributed by atoms with E-state index in [9.17, 15) is 18.4 Å². The fourth-order valence-corrected chi connectivity index (χ4v) is 3.77. The maximum Gasteiger partial charge on any atom is 0.254 e. The fourth-order valence-electron chi connectivity index (χ4n) is 3.05. The first kappa shape index (κ1) is 22.4. The third-order valence-electron chi connectivity index (χ3n) is 4.62. The Bertz CT molecular complexity index is 1020. The van der Waals surface area contributed by atoms with Crippen molar-refractivity contribution in [1.29, 1.82) is 0 Å². The Balaban J connectivity index is 1.78. The summed E-state index contributed by atoms with van der Waals surface area (Å²) in [6, 6.07) is 15.0. The molecule has 0 bridgehead atoms. The van der Waals surface area contributed by atoms with Crippen LogP contribution in [0.15, 0.2) is 78.7 Å². The van der Waals surface area contributed by atoms with Crippen LogP contribution in [0.4, 0.5) is 8.78 Å². The lowest BCUT2D eigenvalue weighted by Gasteiger charge is -2.27. The minimum atomic E-state index is -0.440. The van der Waals surface area contributed by atoms with Crippen LogP contribution in [0.25, 0.3) is 0 Å². The lowest BCUT2D eigenvalue weighted by Crippen LogP contribution is -2.42. The molecular formula is C24H22F2N2O2S. The molecule has 1 heterocycles. The van der Waals surface area contributed by atoms with Gasteiger partial charge in [-0.2, -0.15) is 0 Å². The van der Waals surface area contributed by atoms with Gasteiger partial charge in [0.25, 0.3) is 5.91 Å². The third kappa shape index (κ3) is 6.33. The van der Waals surface area contributed by atoms with Crippen LogP contribution < -0.4 is 0 Å². The Labute approximate surface area is 184 Å². The molecule has 0 unspecified atom stereocenters. The van der Waals surface area contributed by atoms with E-state index in [1.807, 2.05) is 17.5 Å². The minimum Gasteiger partial charge on any atom is -0.332 e. The Kier molecular flexibility index (Phi) is 7.67. The van der Waals surface area contributed by atoms with Gasteiger partial charge in [0.05, 0.1) is 6.54 Å². The number of thiophene rings is 1. The second-order valence-corrected chi connectivity index (χ2v) is 7.97. The van der Waals surface area contributed by atoms with E-state index in [4.69, 9.17) is 0 Å². The second-order valence-electron chi connectivity index (χ2n) is 6.94. The standard InChI is InChI=1S/C24H22F2N2O2S/c1-2-13-27(24(30)19-7-11-21(26)12-8-19)17-23(29)28(16-22-4-3-14-31-22)15-18-5-9-20(25)10-6-18/h2-12,14H,1,13,15-17H2. The Morgan fingerprint density at radius 2 is 1.55 bits per heavy atom. The zero-order chi connectivity index (χ0) is 22.2. The van der Waals surface area contributed by atoms with Gasteiger partial charge in [0, 0.05) is 23.5 Å². The van der Waals surface area contributed by atoms with Gasteiger partial charge in [0.1, 0.15) is 18.2 Å². The van der Waals surface area contributed by atoms with Crippen molar-refractivity contribution >= 4 is 23.2 Å². The number of carbonyl (C=O) groups excluding carboxylic acids is 2. The average Bonchev–Trinajstić information content (AvgIpc) is 3.27. The van der Waals surface area contributed by atoms with Crippen molar-refractivity contribution in [3.8, 4) is 0 Å². The number of amides is 2. The molecule has 3 aromatic rings. The number of halogens is 2. The molecule has 0 aliphatic heterocycles. The molecule has 0 radical (unpaired) electrons. The molecule has 31 heavy (non-hydrogen) atoms. The molecule has 7 heteroatoms. The Morgan fingerprint density at radius 3 is 2.13 bits per heavy atom. The largest absolute Gasteiger partial charge is 0.332 e. The van der Waals surface area contributed by atoms with E-state index >= 15 is 0 Å². The van der Waals surface area contributed by atoms with Crippen LogP contribution in [0.2, 0.25) is 0 Å². The summed E-state index contributed by atoms with van der Waals surface area (Å²) in [5.41, 5.74) is 1.07. The molecule has 4 nitrogen and oxygen atoms in total. The summed E-state index contributed by atoms with van der Waals surface area (Å²) in [5.74, 6) is -1.42. The smallest absolute Gasteiger partial charge is 0.254 e. The Hall–Kier alpha value is -3.32. The van der Waals surface area contributed by atoms with Crippen molar-refractivity contribution in [2.45, 2.75) is 13.1 Å². The number of nitrogens with zero attached hydrogens (tertiary/aromatic N) is 2. The van der Waals surface area contributed by atoms with Gasteiger partial charge >= 0.3 is 0 Å². The molecule has 0 N–H and O–H groups in total. The van der Waals surface area contributed by atoms with E-state index < -0.39 is 5.82 Å². The topological polar surface area (TPSA) is 40.6 Å². The van der Waals surface area contributed by atoms with Crippen LogP contribution in [0, 0.1) is 11.6 Å². The molecule has 2 amide bonds. The van der Waals surface area contributed by atoms with Crippen molar-refractivity contribution in [3.63, 3.8) is 0 Å². The number of hydrogen-bond donors (Lipinski definition) is 0. The molecule has 0 saturated carbocycles. The molecule has 0 fully saturated rings. The summed E-state index contributed by atoms with van der Waals surface area (Å²) in [6.07, 6.45) is 1.54. The highest BCUT2D eigenvalue weighted by Crippen LogP contribution is 2.16. The van der Waals surface area contributed by atoms with Crippen LogP contribution >= 0.6 is 11.3 Å². The normalized spacial score (nSPS) is 10.5. The summed E-state index contributed by atoms with van der Waals surface area (Å²) in [5, 5.41) is 1.93. The molecule has 0 spiro atoms. The van der Waals surface area contributed by atoms with E-state index in [0.29, 0.717) is 12.1 Å². The summed E-state index contributed by atoms with van der Waals surface area (Å²) in [4.78, 5) is 30.0. The van der Waals surface area contributed by atoms with E-state index in [1.165, 1.54) is 58.7 Å². The van der Waals surface area contributed by atoms with Crippen LogP contribution in [0.5, 0.6) is 0 Å². The predicted molar refractivity (Wildman–Crippen MR) is 117 cm³/mol. The van der Waals surface area contributed by atoms with Crippen LogP contribution in [-0.4, -0.2) is 34.7 Å². The van der Waals surface area contributed by atoms with Crippen LogP contribution in [-0.2, 0) is 17.9 Å². The van der Waals surface area contributed by atoms with Crippen LogP contribution in [0.3, 0.4) is 0 Å².